The Kier molecular flexibility index (Phi) is 5.58. The summed E-state index contributed by atoms with van der Waals surface area (Å²) in [6.07, 6.45) is 1.53. The number of carbonyl (C=O) groups excluding carboxylic acids is 1. The first kappa shape index (κ1) is 20.0. The molecule has 2 aliphatic rings. The van der Waals surface area contributed by atoms with Crippen LogP contribution in [-0.4, -0.2) is 30.9 Å². The SMILES string of the molecule is O=C1CC[C@H]2O[C@H](COC(c3ccccc3)(c3ccccc3)c3ccccc3)C[C@H]2O1. The van der Waals surface area contributed by atoms with E-state index in [2.05, 4.69) is 36.4 Å². The zero-order valence-corrected chi connectivity index (χ0v) is 17.4. The molecule has 0 aromatic heterocycles. The van der Waals surface area contributed by atoms with Crippen molar-refractivity contribution in [3.05, 3.63) is 108 Å². The number of ether oxygens (including phenoxy) is 3. The van der Waals surface area contributed by atoms with Crippen LogP contribution in [0.4, 0.5) is 0 Å². The molecule has 0 saturated carbocycles. The average Bonchev–Trinajstić information content (AvgIpc) is 3.24. The number of rotatable bonds is 6. The van der Waals surface area contributed by atoms with Gasteiger partial charge in [0.25, 0.3) is 0 Å². The van der Waals surface area contributed by atoms with Crippen LogP contribution in [0.15, 0.2) is 91.0 Å². The molecule has 2 heterocycles. The minimum absolute atomic E-state index is 0.0223. The van der Waals surface area contributed by atoms with E-state index in [0.29, 0.717) is 19.4 Å². The van der Waals surface area contributed by atoms with Crippen LogP contribution in [0, 0.1) is 0 Å². The third-order valence-electron chi connectivity index (χ3n) is 6.22. The lowest BCUT2D eigenvalue weighted by atomic mass is 9.80. The summed E-state index contributed by atoms with van der Waals surface area (Å²) in [5.41, 5.74) is 2.43. The highest BCUT2D eigenvalue weighted by Gasteiger charge is 2.43. The Morgan fingerprint density at radius 3 is 1.81 bits per heavy atom. The first-order valence-electron chi connectivity index (χ1n) is 10.9. The molecule has 158 valence electrons. The summed E-state index contributed by atoms with van der Waals surface area (Å²) in [6.45, 7) is 0.406. The highest BCUT2D eigenvalue weighted by atomic mass is 16.6. The van der Waals surface area contributed by atoms with Crippen LogP contribution in [0.3, 0.4) is 0 Å². The molecule has 0 N–H and O–H groups in total. The molecule has 0 bridgehead atoms. The van der Waals surface area contributed by atoms with Crippen molar-refractivity contribution in [1.29, 1.82) is 0 Å². The summed E-state index contributed by atoms with van der Waals surface area (Å²) in [4.78, 5) is 11.7. The lowest BCUT2D eigenvalue weighted by Gasteiger charge is -2.36. The van der Waals surface area contributed by atoms with Gasteiger partial charge in [0.2, 0.25) is 0 Å². The second-order valence-electron chi connectivity index (χ2n) is 8.19. The van der Waals surface area contributed by atoms with E-state index >= 15 is 0 Å². The molecule has 3 aromatic carbocycles. The van der Waals surface area contributed by atoms with E-state index in [1.54, 1.807) is 0 Å². The van der Waals surface area contributed by atoms with Gasteiger partial charge >= 0.3 is 5.97 Å². The summed E-state index contributed by atoms with van der Waals surface area (Å²) < 4.78 is 18.6. The number of hydrogen-bond acceptors (Lipinski definition) is 4. The molecular weight excluding hydrogens is 388 g/mol. The molecule has 4 heteroatoms. The highest BCUT2D eigenvalue weighted by molar-refractivity contribution is 5.70. The van der Waals surface area contributed by atoms with E-state index in [0.717, 1.165) is 23.1 Å². The van der Waals surface area contributed by atoms with Gasteiger partial charge in [-0.05, 0) is 23.1 Å². The molecule has 0 radical (unpaired) electrons. The molecule has 2 saturated heterocycles. The molecule has 0 spiro atoms. The second-order valence-corrected chi connectivity index (χ2v) is 8.19. The fourth-order valence-corrected chi connectivity index (χ4v) is 4.76. The van der Waals surface area contributed by atoms with Gasteiger partial charge in [-0.15, -0.1) is 0 Å². The van der Waals surface area contributed by atoms with Crippen LogP contribution in [0.5, 0.6) is 0 Å². The summed E-state index contributed by atoms with van der Waals surface area (Å²) in [6, 6.07) is 30.9. The number of fused-ring (bicyclic) bond motifs is 1. The van der Waals surface area contributed by atoms with Crippen LogP contribution in [0.1, 0.15) is 36.0 Å². The summed E-state index contributed by atoms with van der Waals surface area (Å²) in [5, 5.41) is 0. The Morgan fingerprint density at radius 1 is 0.774 bits per heavy atom. The standard InChI is InChI=1S/C27H26O4/c28-26-17-16-24-25(31-26)18-23(30-24)19-29-27(20-10-4-1-5-11-20,21-12-6-2-7-13-21)22-14-8-3-9-15-22/h1-15,23-25H,16-19H2/t23-,24+,25+/m0/s1. The minimum Gasteiger partial charge on any atom is -0.459 e. The predicted molar refractivity (Wildman–Crippen MR) is 118 cm³/mol. The number of carbonyl (C=O) groups is 1. The molecule has 2 fully saturated rings. The maximum Gasteiger partial charge on any atom is 0.306 e. The fourth-order valence-electron chi connectivity index (χ4n) is 4.76. The third kappa shape index (κ3) is 3.89. The van der Waals surface area contributed by atoms with Crippen LogP contribution < -0.4 is 0 Å². The molecule has 4 nitrogen and oxygen atoms in total. The monoisotopic (exact) mass is 414 g/mol. The molecule has 3 aromatic rings. The molecule has 3 atom stereocenters. The topological polar surface area (TPSA) is 44.8 Å². The van der Waals surface area contributed by atoms with Crippen LogP contribution >= 0.6 is 0 Å². The van der Waals surface area contributed by atoms with Crippen molar-refractivity contribution in [2.24, 2.45) is 0 Å². The van der Waals surface area contributed by atoms with Crippen molar-refractivity contribution in [3.63, 3.8) is 0 Å². The van der Waals surface area contributed by atoms with Crippen LogP contribution in [0.2, 0.25) is 0 Å². The molecule has 2 aliphatic heterocycles. The highest BCUT2D eigenvalue weighted by Crippen LogP contribution is 2.41. The van der Waals surface area contributed by atoms with Gasteiger partial charge in [-0.2, -0.15) is 0 Å². The average molecular weight is 415 g/mol. The van der Waals surface area contributed by atoms with Gasteiger partial charge in [-0.1, -0.05) is 91.0 Å². The van der Waals surface area contributed by atoms with Crippen molar-refractivity contribution in [2.75, 3.05) is 6.61 Å². The quantitative estimate of drug-likeness (QED) is 0.427. The van der Waals surface area contributed by atoms with Gasteiger partial charge in [0.15, 0.2) is 0 Å². The maximum absolute atomic E-state index is 11.7. The van der Waals surface area contributed by atoms with E-state index in [4.69, 9.17) is 14.2 Å². The van der Waals surface area contributed by atoms with Gasteiger partial charge in [-0.3, -0.25) is 4.79 Å². The number of hydrogen-bond donors (Lipinski definition) is 0. The van der Waals surface area contributed by atoms with Crippen molar-refractivity contribution in [2.45, 2.75) is 43.2 Å². The first-order valence-corrected chi connectivity index (χ1v) is 10.9. The van der Waals surface area contributed by atoms with E-state index in [1.807, 2.05) is 54.6 Å². The van der Waals surface area contributed by atoms with Crippen molar-refractivity contribution in [1.82, 2.24) is 0 Å². The summed E-state index contributed by atoms with van der Waals surface area (Å²) in [5.74, 6) is -0.126. The zero-order chi connectivity index (χ0) is 21.1. The van der Waals surface area contributed by atoms with Gasteiger partial charge in [0.05, 0.1) is 18.8 Å². The lowest BCUT2D eigenvalue weighted by Crippen LogP contribution is -2.35. The van der Waals surface area contributed by atoms with Gasteiger partial charge in [-0.25, -0.2) is 0 Å². The van der Waals surface area contributed by atoms with Crippen molar-refractivity contribution < 1.29 is 19.0 Å². The Labute approximate surface area is 182 Å². The van der Waals surface area contributed by atoms with Crippen molar-refractivity contribution >= 4 is 5.97 Å². The van der Waals surface area contributed by atoms with Gasteiger partial charge < -0.3 is 14.2 Å². The Balaban J connectivity index is 1.51. The molecule has 5 rings (SSSR count). The molecule has 0 amide bonds. The maximum atomic E-state index is 11.7. The van der Waals surface area contributed by atoms with E-state index in [1.165, 1.54) is 0 Å². The Bertz CT molecular complexity index is 907. The summed E-state index contributed by atoms with van der Waals surface area (Å²) >= 11 is 0. The van der Waals surface area contributed by atoms with Crippen LogP contribution in [0.25, 0.3) is 0 Å². The molecule has 0 aliphatic carbocycles. The lowest BCUT2D eigenvalue weighted by molar-refractivity contribution is -0.159. The minimum atomic E-state index is -0.766. The smallest absolute Gasteiger partial charge is 0.306 e. The third-order valence-corrected chi connectivity index (χ3v) is 6.22. The van der Waals surface area contributed by atoms with Crippen LogP contribution in [-0.2, 0) is 24.6 Å². The van der Waals surface area contributed by atoms with Gasteiger partial charge in [0.1, 0.15) is 11.7 Å². The normalized spacial score (nSPS) is 23.2. The van der Waals surface area contributed by atoms with Crippen molar-refractivity contribution in [3.8, 4) is 0 Å². The fraction of sp³-hybridized carbons (Fsp3) is 0.296. The largest absolute Gasteiger partial charge is 0.459 e. The molecule has 31 heavy (non-hydrogen) atoms. The zero-order valence-electron chi connectivity index (χ0n) is 17.4. The van der Waals surface area contributed by atoms with E-state index < -0.39 is 5.60 Å². The Morgan fingerprint density at radius 2 is 1.29 bits per heavy atom. The van der Waals surface area contributed by atoms with E-state index in [9.17, 15) is 4.79 Å². The predicted octanol–water partition coefficient (Wildman–Crippen LogP) is 4.86. The second kappa shape index (κ2) is 8.66. The number of esters is 1. The first-order chi connectivity index (χ1) is 15.3. The Hall–Kier alpha value is -2.95. The summed E-state index contributed by atoms with van der Waals surface area (Å²) in [7, 11) is 0. The van der Waals surface area contributed by atoms with Gasteiger partial charge in [0, 0.05) is 12.8 Å². The van der Waals surface area contributed by atoms with E-state index in [-0.39, 0.29) is 24.3 Å². The molecular formula is C27H26O4. The molecule has 0 unspecified atom stereocenters. The number of benzene rings is 3.